The molecule has 0 bridgehead atoms. The predicted octanol–water partition coefficient (Wildman–Crippen LogP) is 5.92. The minimum absolute atomic E-state index is 0.312. The number of hydrogen-bond acceptors (Lipinski definition) is 3. The first-order valence-corrected chi connectivity index (χ1v) is 9.62. The molecule has 2 aromatic carbocycles. The van der Waals surface area contributed by atoms with Crippen LogP contribution in [-0.4, -0.2) is 22.8 Å². The lowest BCUT2D eigenvalue weighted by Crippen LogP contribution is -2.14. The minimum atomic E-state index is -0.384. The summed E-state index contributed by atoms with van der Waals surface area (Å²) in [4.78, 5) is 12.6. The fraction of sp³-hybridized carbons (Fsp3) is 0.111. The average molecular weight is 490 g/mol. The number of nitrogens with one attached hydrogen (secondary N) is 1. The Morgan fingerprint density at radius 1 is 1.19 bits per heavy atom. The molecule has 0 radical (unpaired) electrons. The van der Waals surface area contributed by atoms with Crippen molar-refractivity contribution in [3.63, 3.8) is 0 Å². The molecule has 140 valence electrons. The maximum Gasteiger partial charge on any atom is 0.260 e. The van der Waals surface area contributed by atoms with Gasteiger partial charge in [-0.05, 0) is 51.8 Å². The molecule has 0 atom stereocenters. The fourth-order valence-electron chi connectivity index (χ4n) is 2.42. The summed E-state index contributed by atoms with van der Waals surface area (Å²) in [7, 11) is 1.49. The Labute approximate surface area is 179 Å². The van der Waals surface area contributed by atoms with Gasteiger partial charge in [0.1, 0.15) is 5.75 Å². The molecular weight excluding hydrogens is 476 g/mol. The van der Waals surface area contributed by atoms with Gasteiger partial charge in [-0.1, -0.05) is 40.9 Å². The molecule has 0 aliphatic rings. The summed E-state index contributed by atoms with van der Waals surface area (Å²) < 4.78 is 7.50. The zero-order valence-corrected chi connectivity index (χ0v) is 17.8. The zero-order valence-electron chi connectivity index (χ0n) is 14.0. The van der Waals surface area contributed by atoms with E-state index in [2.05, 4.69) is 26.3 Å². The lowest BCUT2D eigenvalue weighted by atomic mass is 10.2. The van der Waals surface area contributed by atoms with Crippen LogP contribution in [0.5, 0.6) is 5.75 Å². The molecule has 0 fully saturated rings. The molecule has 0 spiro atoms. The van der Waals surface area contributed by atoms with Crippen LogP contribution in [0.1, 0.15) is 15.9 Å². The van der Waals surface area contributed by atoms with Gasteiger partial charge in [0.25, 0.3) is 5.91 Å². The second-order valence-corrected chi connectivity index (χ2v) is 7.69. The number of aromatic nitrogens is 2. The zero-order chi connectivity index (χ0) is 19.6. The van der Waals surface area contributed by atoms with Gasteiger partial charge in [-0.25, -0.2) is 0 Å². The van der Waals surface area contributed by atoms with Gasteiger partial charge in [0.15, 0.2) is 5.82 Å². The second kappa shape index (κ2) is 8.52. The van der Waals surface area contributed by atoms with Gasteiger partial charge in [0, 0.05) is 21.3 Å². The van der Waals surface area contributed by atoms with Gasteiger partial charge in [-0.2, -0.15) is 5.10 Å². The highest BCUT2D eigenvalue weighted by Gasteiger charge is 2.17. The number of rotatable bonds is 5. The number of nitrogens with zero attached hydrogens (tertiary/aromatic N) is 2. The largest absolute Gasteiger partial charge is 0.496 e. The molecule has 0 aliphatic heterocycles. The molecule has 0 saturated heterocycles. The summed E-state index contributed by atoms with van der Waals surface area (Å²) in [5, 5.41) is 8.67. The Kier molecular flexibility index (Phi) is 6.32. The molecule has 1 N–H and O–H groups in total. The van der Waals surface area contributed by atoms with E-state index < -0.39 is 0 Å². The van der Waals surface area contributed by atoms with Crippen LogP contribution >= 0.6 is 50.7 Å². The molecule has 27 heavy (non-hydrogen) atoms. The number of anilines is 1. The maximum absolute atomic E-state index is 12.6. The van der Waals surface area contributed by atoms with E-state index >= 15 is 0 Å². The van der Waals surface area contributed by atoms with Crippen molar-refractivity contribution in [1.29, 1.82) is 0 Å². The Hall–Kier alpha value is -1.73. The average Bonchev–Trinajstić information content (AvgIpc) is 2.96. The maximum atomic E-state index is 12.6. The van der Waals surface area contributed by atoms with Crippen molar-refractivity contribution in [2.75, 3.05) is 12.4 Å². The number of ether oxygens (including phenoxy) is 1. The first-order valence-electron chi connectivity index (χ1n) is 7.69. The van der Waals surface area contributed by atoms with Crippen molar-refractivity contribution >= 4 is 62.5 Å². The van der Waals surface area contributed by atoms with Crippen LogP contribution in [0.15, 0.2) is 47.1 Å². The minimum Gasteiger partial charge on any atom is -0.496 e. The second-order valence-electron chi connectivity index (χ2n) is 5.56. The van der Waals surface area contributed by atoms with Crippen LogP contribution in [0, 0.1) is 0 Å². The lowest BCUT2D eigenvalue weighted by Gasteiger charge is -2.09. The van der Waals surface area contributed by atoms with Crippen LogP contribution in [-0.2, 0) is 6.54 Å². The van der Waals surface area contributed by atoms with Crippen molar-refractivity contribution in [1.82, 2.24) is 9.78 Å². The van der Waals surface area contributed by atoms with E-state index in [1.54, 1.807) is 35.1 Å². The lowest BCUT2D eigenvalue weighted by molar-refractivity contribution is 0.102. The van der Waals surface area contributed by atoms with E-state index in [-0.39, 0.29) is 5.91 Å². The van der Waals surface area contributed by atoms with Crippen molar-refractivity contribution in [3.8, 4) is 5.75 Å². The first kappa shape index (κ1) is 20.0. The molecule has 0 saturated carbocycles. The van der Waals surface area contributed by atoms with E-state index in [1.165, 1.54) is 13.2 Å². The van der Waals surface area contributed by atoms with Crippen LogP contribution in [0.4, 0.5) is 5.82 Å². The number of hydrogen-bond donors (Lipinski definition) is 1. The number of amides is 1. The summed E-state index contributed by atoms with van der Waals surface area (Å²) in [5.74, 6) is 0.400. The Bertz CT molecular complexity index is 1010. The highest BCUT2D eigenvalue weighted by atomic mass is 79.9. The van der Waals surface area contributed by atoms with Gasteiger partial charge in [0.2, 0.25) is 0 Å². The van der Waals surface area contributed by atoms with Crippen molar-refractivity contribution in [2.45, 2.75) is 6.54 Å². The predicted molar refractivity (Wildman–Crippen MR) is 111 cm³/mol. The Balaban J connectivity index is 1.81. The van der Waals surface area contributed by atoms with Crippen molar-refractivity contribution < 1.29 is 9.53 Å². The molecule has 5 nitrogen and oxygen atoms in total. The normalized spacial score (nSPS) is 10.7. The molecule has 3 rings (SSSR count). The molecule has 3 aromatic rings. The van der Waals surface area contributed by atoms with Gasteiger partial charge >= 0.3 is 0 Å². The summed E-state index contributed by atoms with van der Waals surface area (Å²) in [6.45, 7) is 0.422. The summed E-state index contributed by atoms with van der Waals surface area (Å²) in [6, 6.07) is 10.1. The molecule has 1 aromatic heterocycles. The SMILES string of the molecule is COc1ccc(Cl)cc1C(=O)Nc1nn(Cc2ccc(Cl)cc2Cl)cc1Br. The molecule has 0 aliphatic carbocycles. The Morgan fingerprint density at radius 3 is 2.59 bits per heavy atom. The monoisotopic (exact) mass is 487 g/mol. The number of halogens is 4. The van der Waals surface area contributed by atoms with Crippen LogP contribution < -0.4 is 10.1 Å². The third-order valence-corrected chi connectivity index (χ3v) is 5.10. The highest BCUT2D eigenvalue weighted by Crippen LogP contribution is 2.27. The van der Waals surface area contributed by atoms with E-state index in [9.17, 15) is 4.79 Å². The van der Waals surface area contributed by atoms with Gasteiger partial charge in [-0.3, -0.25) is 9.48 Å². The first-order chi connectivity index (χ1) is 12.9. The van der Waals surface area contributed by atoms with Crippen molar-refractivity contribution in [3.05, 3.63) is 73.3 Å². The standard InChI is InChI=1S/C18H13BrCl3N3O2/c1-27-16-5-4-11(20)6-13(16)18(26)23-17-14(19)9-25(24-17)8-10-2-3-12(21)7-15(10)22/h2-7,9H,8H2,1H3,(H,23,24,26). The highest BCUT2D eigenvalue weighted by molar-refractivity contribution is 9.10. The number of carbonyl (C=O) groups excluding carboxylic acids is 1. The summed E-state index contributed by atoms with van der Waals surface area (Å²) in [6.07, 6.45) is 1.75. The molecular formula is C18H13BrCl3N3O2. The van der Waals surface area contributed by atoms with Crippen LogP contribution in [0.25, 0.3) is 0 Å². The summed E-state index contributed by atoms with van der Waals surface area (Å²) in [5.41, 5.74) is 1.16. The third kappa shape index (κ3) is 4.76. The molecule has 1 amide bonds. The topological polar surface area (TPSA) is 56.1 Å². The fourth-order valence-corrected chi connectivity index (χ4v) is 3.47. The molecule has 9 heteroatoms. The van der Waals surface area contributed by atoms with Gasteiger partial charge in [-0.15, -0.1) is 0 Å². The Morgan fingerprint density at radius 2 is 1.89 bits per heavy atom. The van der Waals surface area contributed by atoms with Crippen LogP contribution in [0.2, 0.25) is 15.1 Å². The molecule has 0 unspecified atom stereocenters. The summed E-state index contributed by atoms with van der Waals surface area (Å²) >= 11 is 21.5. The smallest absolute Gasteiger partial charge is 0.260 e. The third-order valence-electron chi connectivity index (χ3n) is 3.70. The molecule has 1 heterocycles. The van der Waals surface area contributed by atoms with E-state index in [0.717, 1.165) is 5.56 Å². The van der Waals surface area contributed by atoms with E-state index in [1.807, 2.05) is 6.07 Å². The van der Waals surface area contributed by atoms with Crippen molar-refractivity contribution in [2.24, 2.45) is 0 Å². The number of methoxy groups -OCH3 is 1. The quantitative estimate of drug-likeness (QED) is 0.484. The number of carbonyl (C=O) groups is 1. The number of benzene rings is 2. The van der Waals surface area contributed by atoms with Gasteiger partial charge in [0.05, 0.1) is 23.7 Å². The van der Waals surface area contributed by atoms with Gasteiger partial charge < -0.3 is 10.1 Å². The van der Waals surface area contributed by atoms with E-state index in [0.29, 0.717) is 43.2 Å². The van der Waals surface area contributed by atoms with Crippen LogP contribution in [0.3, 0.4) is 0 Å². The van der Waals surface area contributed by atoms with E-state index in [4.69, 9.17) is 39.5 Å².